The Morgan fingerprint density at radius 1 is 1.75 bits per heavy atom. The summed E-state index contributed by atoms with van der Waals surface area (Å²) in [5.74, 6) is -0.501. The summed E-state index contributed by atoms with van der Waals surface area (Å²) < 4.78 is 1.22. The molecular weight excluding hydrogens is 212 g/mol. The van der Waals surface area contributed by atoms with Crippen LogP contribution >= 0.6 is 0 Å². The molecule has 1 amide bonds. The van der Waals surface area contributed by atoms with Crippen molar-refractivity contribution in [2.24, 2.45) is 0 Å². The highest BCUT2D eigenvalue weighted by Crippen LogP contribution is 2.04. The number of carbonyl (C=O) groups excluding carboxylic acids is 1. The molecule has 0 atom stereocenters. The van der Waals surface area contributed by atoms with Gasteiger partial charge in [0.1, 0.15) is 6.54 Å². The van der Waals surface area contributed by atoms with Crippen LogP contribution in [0.3, 0.4) is 0 Å². The largest absolute Gasteiger partial charge is 0.389 e. The van der Waals surface area contributed by atoms with Gasteiger partial charge in [0.2, 0.25) is 5.91 Å². The second-order valence-corrected chi connectivity index (χ2v) is 3.06. The van der Waals surface area contributed by atoms with Gasteiger partial charge < -0.3 is 15.4 Å². The van der Waals surface area contributed by atoms with Gasteiger partial charge in [-0.1, -0.05) is 6.08 Å². The van der Waals surface area contributed by atoms with Crippen molar-refractivity contribution in [3.8, 4) is 0 Å². The Labute approximate surface area is 91.9 Å². The number of nitrogens with zero attached hydrogens (tertiary/aromatic N) is 3. The van der Waals surface area contributed by atoms with Crippen molar-refractivity contribution >= 4 is 11.7 Å². The first kappa shape index (κ1) is 11.9. The summed E-state index contributed by atoms with van der Waals surface area (Å²) in [7, 11) is 0. The number of hydrogen-bond donors (Lipinski definition) is 1. The minimum Gasteiger partial charge on any atom is -0.358 e. The first-order chi connectivity index (χ1) is 7.63. The maximum Gasteiger partial charge on any atom is 0.389 e. The van der Waals surface area contributed by atoms with Crippen LogP contribution in [0.25, 0.3) is 0 Å². The molecule has 0 aliphatic rings. The predicted molar refractivity (Wildman–Crippen MR) is 56.7 cm³/mol. The van der Waals surface area contributed by atoms with E-state index in [0.29, 0.717) is 13.0 Å². The second kappa shape index (κ2) is 5.64. The summed E-state index contributed by atoms with van der Waals surface area (Å²) in [6.45, 7) is 4.00. The van der Waals surface area contributed by atoms with Crippen LogP contribution < -0.4 is 5.32 Å². The molecule has 16 heavy (non-hydrogen) atoms. The van der Waals surface area contributed by atoms with Crippen LogP contribution in [0.1, 0.15) is 6.42 Å². The fourth-order valence-electron chi connectivity index (χ4n) is 1.05. The van der Waals surface area contributed by atoms with E-state index < -0.39 is 4.92 Å². The molecule has 0 aromatic carbocycles. The maximum atomic E-state index is 11.3. The van der Waals surface area contributed by atoms with Gasteiger partial charge in [-0.25, -0.2) is 0 Å². The van der Waals surface area contributed by atoms with Gasteiger partial charge in [-0.05, 0) is 11.3 Å². The van der Waals surface area contributed by atoms with Crippen LogP contribution in [0, 0.1) is 10.1 Å². The zero-order valence-electron chi connectivity index (χ0n) is 8.63. The topological polar surface area (TPSA) is 90.1 Å². The molecule has 86 valence electrons. The van der Waals surface area contributed by atoms with Gasteiger partial charge in [0, 0.05) is 6.54 Å². The second-order valence-electron chi connectivity index (χ2n) is 3.06. The van der Waals surface area contributed by atoms with Crippen LogP contribution in [0.15, 0.2) is 24.9 Å². The fraction of sp³-hybridized carbons (Fsp3) is 0.333. The molecule has 0 saturated heterocycles. The Morgan fingerprint density at radius 3 is 3.06 bits per heavy atom. The lowest BCUT2D eigenvalue weighted by Crippen LogP contribution is -2.28. The van der Waals surface area contributed by atoms with Gasteiger partial charge >= 0.3 is 5.82 Å². The average molecular weight is 224 g/mol. The van der Waals surface area contributed by atoms with E-state index in [1.54, 1.807) is 6.08 Å². The van der Waals surface area contributed by atoms with Crippen molar-refractivity contribution in [2.45, 2.75) is 13.0 Å². The molecule has 1 heterocycles. The molecule has 0 bridgehead atoms. The van der Waals surface area contributed by atoms with Crippen LogP contribution in [-0.2, 0) is 11.3 Å². The van der Waals surface area contributed by atoms with Gasteiger partial charge in [0.05, 0.1) is 17.4 Å². The molecule has 0 fully saturated rings. The van der Waals surface area contributed by atoms with E-state index in [0.717, 1.165) is 0 Å². The SMILES string of the molecule is C=CCCNC(=O)Cn1ccc([N+](=O)[O-])n1. The number of rotatable bonds is 6. The molecule has 0 spiro atoms. The van der Waals surface area contributed by atoms with Gasteiger partial charge in [-0.15, -0.1) is 6.58 Å². The smallest absolute Gasteiger partial charge is 0.358 e. The van der Waals surface area contributed by atoms with E-state index in [2.05, 4.69) is 17.0 Å². The van der Waals surface area contributed by atoms with Crippen LogP contribution in [0.5, 0.6) is 0 Å². The molecule has 0 unspecified atom stereocenters. The number of hydrogen-bond acceptors (Lipinski definition) is 4. The third-order valence-electron chi connectivity index (χ3n) is 1.79. The summed E-state index contributed by atoms with van der Waals surface area (Å²) in [4.78, 5) is 21.0. The van der Waals surface area contributed by atoms with Crippen LogP contribution in [-0.4, -0.2) is 27.2 Å². The summed E-state index contributed by atoms with van der Waals surface area (Å²) in [6, 6.07) is 1.25. The number of amides is 1. The van der Waals surface area contributed by atoms with Gasteiger partial charge in [0.15, 0.2) is 0 Å². The minimum absolute atomic E-state index is 0.0228. The van der Waals surface area contributed by atoms with Crippen molar-refractivity contribution in [3.05, 3.63) is 35.0 Å². The number of aromatic nitrogens is 2. The van der Waals surface area contributed by atoms with E-state index in [1.165, 1.54) is 16.9 Å². The minimum atomic E-state index is -0.605. The van der Waals surface area contributed by atoms with E-state index in [-0.39, 0.29) is 18.3 Å². The average Bonchev–Trinajstić information content (AvgIpc) is 2.66. The third-order valence-corrected chi connectivity index (χ3v) is 1.79. The predicted octanol–water partition coefficient (Wildman–Crippen LogP) is 0.484. The van der Waals surface area contributed by atoms with Crippen molar-refractivity contribution in [3.63, 3.8) is 0 Å². The Kier molecular flexibility index (Phi) is 4.19. The fourth-order valence-corrected chi connectivity index (χ4v) is 1.05. The third kappa shape index (κ3) is 3.52. The molecule has 0 aliphatic carbocycles. The van der Waals surface area contributed by atoms with Crippen molar-refractivity contribution in [1.82, 2.24) is 15.1 Å². The van der Waals surface area contributed by atoms with Crippen molar-refractivity contribution < 1.29 is 9.72 Å². The monoisotopic (exact) mass is 224 g/mol. The van der Waals surface area contributed by atoms with Crippen molar-refractivity contribution in [1.29, 1.82) is 0 Å². The lowest BCUT2D eigenvalue weighted by Gasteiger charge is -2.00. The quantitative estimate of drug-likeness (QED) is 0.329. The van der Waals surface area contributed by atoms with Crippen LogP contribution in [0.4, 0.5) is 5.82 Å². The Bertz CT molecular complexity index is 399. The first-order valence-electron chi connectivity index (χ1n) is 4.69. The highest BCUT2D eigenvalue weighted by Gasteiger charge is 2.12. The van der Waals surface area contributed by atoms with E-state index in [1.807, 2.05) is 0 Å². The first-order valence-corrected chi connectivity index (χ1v) is 4.69. The molecule has 1 aromatic heterocycles. The number of nitro groups is 1. The molecular formula is C9H12N4O3. The zero-order chi connectivity index (χ0) is 12.0. The molecule has 1 aromatic rings. The molecule has 7 heteroatoms. The van der Waals surface area contributed by atoms with E-state index >= 15 is 0 Å². The van der Waals surface area contributed by atoms with Gasteiger partial charge in [-0.2, -0.15) is 4.68 Å². The summed E-state index contributed by atoms with van der Waals surface area (Å²) in [6.07, 6.45) is 3.77. The maximum absolute atomic E-state index is 11.3. The molecule has 1 N–H and O–H groups in total. The Hall–Kier alpha value is -2.18. The molecule has 0 radical (unpaired) electrons. The standard InChI is InChI=1S/C9H12N4O3/c1-2-3-5-10-9(14)7-12-6-4-8(11-12)13(15)16/h2,4,6H,1,3,5,7H2,(H,10,14). The Morgan fingerprint density at radius 2 is 2.50 bits per heavy atom. The Balaban J connectivity index is 2.43. The summed E-state index contributed by atoms with van der Waals surface area (Å²) in [5.41, 5.74) is 0. The molecule has 1 rings (SSSR count). The van der Waals surface area contributed by atoms with Gasteiger partial charge in [-0.3, -0.25) is 4.79 Å². The lowest BCUT2D eigenvalue weighted by atomic mass is 10.4. The van der Waals surface area contributed by atoms with Crippen LogP contribution in [0.2, 0.25) is 0 Å². The zero-order valence-corrected chi connectivity index (χ0v) is 8.63. The summed E-state index contributed by atoms with van der Waals surface area (Å²) >= 11 is 0. The molecule has 7 nitrogen and oxygen atoms in total. The number of nitrogens with one attached hydrogen (secondary N) is 1. The summed E-state index contributed by atoms with van der Waals surface area (Å²) in [5, 5.41) is 16.6. The number of carbonyl (C=O) groups is 1. The molecule has 0 aliphatic heterocycles. The normalized spacial score (nSPS) is 9.75. The highest BCUT2D eigenvalue weighted by molar-refractivity contribution is 5.75. The van der Waals surface area contributed by atoms with E-state index in [9.17, 15) is 14.9 Å². The van der Waals surface area contributed by atoms with Crippen molar-refractivity contribution in [2.75, 3.05) is 6.54 Å². The van der Waals surface area contributed by atoms with Gasteiger partial charge in [0.25, 0.3) is 0 Å². The van der Waals surface area contributed by atoms with E-state index in [4.69, 9.17) is 0 Å². The highest BCUT2D eigenvalue weighted by atomic mass is 16.6. The lowest BCUT2D eigenvalue weighted by molar-refractivity contribution is -0.389. The molecule has 0 saturated carbocycles.